The molecule has 0 amide bonds. The summed E-state index contributed by atoms with van der Waals surface area (Å²) in [6.07, 6.45) is 0. The van der Waals surface area contributed by atoms with Gasteiger partial charge in [-0.3, -0.25) is 0 Å². The summed E-state index contributed by atoms with van der Waals surface area (Å²) in [5, 5.41) is 4.96. The number of fused-ring (bicyclic) bond motifs is 6. The highest BCUT2D eigenvalue weighted by molar-refractivity contribution is 7.25. The number of aromatic nitrogens is 4. The molecule has 262 valence electrons. The van der Waals surface area contributed by atoms with Crippen molar-refractivity contribution in [3.63, 3.8) is 0 Å². The van der Waals surface area contributed by atoms with Gasteiger partial charge in [-0.2, -0.15) is 0 Å². The number of hydrogen-bond acceptors (Lipinski definition) is 4. The molecule has 11 aromatic rings. The van der Waals surface area contributed by atoms with Gasteiger partial charge in [-0.25, -0.2) is 15.0 Å². The Morgan fingerprint density at radius 3 is 1.43 bits per heavy atom. The molecule has 0 unspecified atom stereocenters. The maximum atomic E-state index is 5.28. The van der Waals surface area contributed by atoms with E-state index in [1.54, 1.807) is 11.3 Å². The van der Waals surface area contributed by atoms with E-state index in [9.17, 15) is 0 Å². The van der Waals surface area contributed by atoms with Crippen LogP contribution in [0.25, 0.3) is 104 Å². The summed E-state index contributed by atoms with van der Waals surface area (Å²) < 4.78 is 4.81. The average Bonchev–Trinajstić information content (AvgIpc) is 3.82. The third kappa shape index (κ3) is 5.56. The third-order valence-electron chi connectivity index (χ3n) is 10.6. The number of rotatable bonds is 6. The lowest BCUT2D eigenvalue weighted by atomic mass is 9.96. The van der Waals surface area contributed by atoms with Crippen molar-refractivity contribution in [2.24, 2.45) is 0 Å². The minimum atomic E-state index is 0.621. The summed E-state index contributed by atoms with van der Waals surface area (Å²) >= 11 is 1.80. The first-order valence-corrected chi connectivity index (χ1v) is 19.6. The van der Waals surface area contributed by atoms with Crippen molar-refractivity contribution < 1.29 is 0 Å². The van der Waals surface area contributed by atoms with E-state index in [0.717, 1.165) is 55.7 Å². The van der Waals surface area contributed by atoms with E-state index in [4.69, 9.17) is 15.0 Å². The van der Waals surface area contributed by atoms with Gasteiger partial charge in [-0.1, -0.05) is 140 Å². The molecule has 0 bridgehead atoms. The third-order valence-corrected chi connectivity index (χ3v) is 11.8. The molecule has 3 aromatic heterocycles. The molecule has 56 heavy (non-hydrogen) atoms. The van der Waals surface area contributed by atoms with Crippen LogP contribution in [0.5, 0.6) is 0 Å². The van der Waals surface area contributed by atoms with E-state index in [0.29, 0.717) is 17.5 Å². The summed E-state index contributed by atoms with van der Waals surface area (Å²) in [4.78, 5) is 15.8. The Kier molecular flexibility index (Phi) is 7.64. The Bertz CT molecular complexity index is 3140. The standard InChI is InChI=1S/C51H32N4S/c1-3-14-33(15-4-1)37-28-38(34-16-5-2-6-17-34)30-39(29-37)51-53-49(52-50(54-51)36-26-27-44-43-22-9-12-25-47(43)56-48(44)32-36)35-18-13-19-40(31-35)55-45-23-10-7-20-41(45)42-21-8-11-24-46(42)55/h1-32H. The quantitative estimate of drug-likeness (QED) is 0.171. The summed E-state index contributed by atoms with van der Waals surface area (Å²) in [5.74, 6) is 1.88. The molecule has 4 nitrogen and oxygen atoms in total. The van der Waals surface area contributed by atoms with Crippen LogP contribution in [0.4, 0.5) is 0 Å². The molecular weight excluding hydrogens is 701 g/mol. The van der Waals surface area contributed by atoms with E-state index < -0.39 is 0 Å². The van der Waals surface area contributed by atoms with Crippen LogP contribution in [0.15, 0.2) is 194 Å². The van der Waals surface area contributed by atoms with Crippen molar-refractivity contribution in [1.29, 1.82) is 0 Å². The molecule has 0 aliphatic carbocycles. The molecule has 11 rings (SSSR count). The van der Waals surface area contributed by atoms with Gasteiger partial charge in [0.15, 0.2) is 17.5 Å². The molecule has 0 spiro atoms. The van der Waals surface area contributed by atoms with Crippen molar-refractivity contribution in [2.45, 2.75) is 0 Å². The van der Waals surface area contributed by atoms with Gasteiger partial charge in [0.1, 0.15) is 0 Å². The van der Waals surface area contributed by atoms with Gasteiger partial charge in [0, 0.05) is 53.3 Å². The highest BCUT2D eigenvalue weighted by atomic mass is 32.1. The van der Waals surface area contributed by atoms with Crippen LogP contribution in [-0.4, -0.2) is 19.5 Å². The predicted molar refractivity (Wildman–Crippen MR) is 234 cm³/mol. The van der Waals surface area contributed by atoms with Crippen LogP contribution in [0.2, 0.25) is 0 Å². The van der Waals surface area contributed by atoms with E-state index in [2.05, 4.69) is 199 Å². The zero-order chi connectivity index (χ0) is 37.0. The first-order chi connectivity index (χ1) is 27.7. The fraction of sp³-hybridized carbons (Fsp3) is 0. The molecule has 8 aromatic carbocycles. The summed E-state index contributed by atoms with van der Waals surface area (Å²) in [7, 11) is 0. The first-order valence-electron chi connectivity index (χ1n) is 18.8. The zero-order valence-corrected chi connectivity index (χ0v) is 31.0. The van der Waals surface area contributed by atoms with Crippen LogP contribution in [0.1, 0.15) is 0 Å². The second kappa shape index (κ2) is 13.3. The molecular formula is C51H32N4S. The smallest absolute Gasteiger partial charge is 0.164 e. The minimum absolute atomic E-state index is 0.621. The van der Waals surface area contributed by atoms with Crippen LogP contribution in [-0.2, 0) is 0 Å². The monoisotopic (exact) mass is 732 g/mol. The lowest BCUT2D eigenvalue weighted by molar-refractivity contribution is 1.07. The molecule has 0 aliphatic rings. The van der Waals surface area contributed by atoms with E-state index >= 15 is 0 Å². The molecule has 3 heterocycles. The largest absolute Gasteiger partial charge is 0.309 e. The Morgan fingerprint density at radius 1 is 0.304 bits per heavy atom. The van der Waals surface area contributed by atoms with Gasteiger partial charge >= 0.3 is 0 Å². The maximum absolute atomic E-state index is 5.28. The Morgan fingerprint density at radius 2 is 0.786 bits per heavy atom. The zero-order valence-electron chi connectivity index (χ0n) is 30.2. The molecule has 0 saturated heterocycles. The molecule has 0 radical (unpaired) electrons. The number of para-hydroxylation sites is 2. The van der Waals surface area contributed by atoms with Crippen molar-refractivity contribution in [2.75, 3.05) is 0 Å². The Labute approximate surface area is 327 Å². The van der Waals surface area contributed by atoms with E-state index in [-0.39, 0.29) is 0 Å². The van der Waals surface area contributed by atoms with Crippen molar-refractivity contribution >= 4 is 53.3 Å². The van der Waals surface area contributed by atoms with Crippen molar-refractivity contribution in [3.8, 4) is 62.1 Å². The normalized spacial score (nSPS) is 11.6. The number of nitrogens with zero attached hydrogens (tertiary/aromatic N) is 4. The maximum Gasteiger partial charge on any atom is 0.164 e. The highest BCUT2D eigenvalue weighted by Crippen LogP contribution is 2.38. The molecule has 0 fully saturated rings. The molecule has 5 heteroatoms. The van der Waals surface area contributed by atoms with Crippen molar-refractivity contribution in [1.82, 2.24) is 19.5 Å². The van der Waals surface area contributed by atoms with Gasteiger partial charge in [0.2, 0.25) is 0 Å². The number of thiophene rings is 1. The summed E-state index contributed by atoms with van der Waals surface area (Å²) in [5.41, 5.74) is 10.6. The van der Waals surface area contributed by atoms with E-state index in [1.807, 2.05) is 0 Å². The summed E-state index contributed by atoms with van der Waals surface area (Å²) in [6, 6.07) is 68.6. The SMILES string of the molecule is c1ccc(-c2cc(-c3ccccc3)cc(-c3nc(-c4cccc(-n5c6ccccc6c6ccccc65)c4)nc(-c4ccc5c(c4)sc4ccccc45)n3)c2)cc1. The second-order valence-corrected chi connectivity index (χ2v) is 15.2. The molecule has 0 saturated carbocycles. The number of hydrogen-bond donors (Lipinski definition) is 0. The van der Waals surface area contributed by atoms with Gasteiger partial charge in [0.25, 0.3) is 0 Å². The predicted octanol–water partition coefficient (Wildman–Crippen LogP) is 13.7. The average molecular weight is 733 g/mol. The van der Waals surface area contributed by atoms with Crippen LogP contribution in [0, 0.1) is 0 Å². The van der Waals surface area contributed by atoms with Crippen LogP contribution in [0.3, 0.4) is 0 Å². The van der Waals surface area contributed by atoms with Crippen molar-refractivity contribution in [3.05, 3.63) is 194 Å². The topological polar surface area (TPSA) is 43.6 Å². The molecule has 0 atom stereocenters. The van der Waals surface area contributed by atoms with Gasteiger partial charge in [-0.15, -0.1) is 11.3 Å². The second-order valence-electron chi connectivity index (χ2n) is 14.1. The Balaban J connectivity index is 1.13. The van der Waals surface area contributed by atoms with Crippen LogP contribution >= 0.6 is 11.3 Å². The Hall–Kier alpha value is -7.21. The molecule has 0 N–H and O–H groups in total. The fourth-order valence-electron chi connectivity index (χ4n) is 7.96. The van der Waals surface area contributed by atoms with Gasteiger partial charge in [-0.05, 0) is 76.9 Å². The highest BCUT2D eigenvalue weighted by Gasteiger charge is 2.18. The fourth-order valence-corrected chi connectivity index (χ4v) is 9.11. The van der Waals surface area contributed by atoms with E-state index in [1.165, 1.54) is 30.9 Å². The summed E-state index contributed by atoms with van der Waals surface area (Å²) in [6.45, 7) is 0. The lowest BCUT2D eigenvalue weighted by Crippen LogP contribution is -2.01. The van der Waals surface area contributed by atoms with Gasteiger partial charge < -0.3 is 4.57 Å². The lowest BCUT2D eigenvalue weighted by Gasteiger charge is -2.13. The first kappa shape index (κ1) is 32.2. The van der Waals surface area contributed by atoms with Crippen LogP contribution < -0.4 is 0 Å². The van der Waals surface area contributed by atoms with Gasteiger partial charge in [0.05, 0.1) is 11.0 Å². The minimum Gasteiger partial charge on any atom is -0.309 e. The number of benzene rings is 8. The molecule has 0 aliphatic heterocycles.